The summed E-state index contributed by atoms with van der Waals surface area (Å²) in [4.78, 5) is 4.17. The van der Waals surface area contributed by atoms with Crippen LogP contribution in [-0.2, 0) is 10.0 Å². The molecule has 1 fully saturated rings. The molecule has 0 aliphatic carbocycles. The monoisotopic (exact) mass is 319 g/mol. The van der Waals surface area contributed by atoms with Crippen LogP contribution in [0.25, 0.3) is 10.2 Å². The van der Waals surface area contributed by atoms with Crippen molar-refractivity contribution >= 4 is 44.0 Å². The van der Waals surface area contributed by atoms with Crippen LogP contribution in [-0.4, -0.2) is 32.5 Å². The van der Waals surface area contributed by atoms with E-state index in [1.807, 2.05) is 24.3 Å². The lowest BCUT2D eigenvalue weighted by molar-refractivity contribution is 0.559. The number of sulfonamides is 1. The molecule has 5 nitrogen and oxygen atoms in total. The van der Waals surface area contributed by atoms with Crippen LogP contribution in [0.2, 0.25) is 0 Å². The number of halogens is 1. The summed E-state index contributed by atoms with van der Waals surface area (Å²) >= 11 is 1.21. The zero-order chi connectivity index (χ0) is 12.6. The largest absolute Gasteiger partial charge is 0.315 e. The molecule has 104 valence electrons. The number of para-hydroxylation sites is 1. The SMILES string of the molecule is Cl.O=S(=O)(N[C@@H]1CCNC1)c1nc2ccccc2s1. The zero-order valence-electron chi connectivity index (χ0n) is 10.00. The zero-order valence-corrected chi connectivity index (χ0v) is 12.4. The van der Waals surface area contributed by atoms with Crippen LogP contribution < -0.4 is 10.0 Å². The van der Waals surface area contributed by atoms with Crippen molar-refractivity contribution < 1.29 is 8.42 Å². The van der Waals surface area contributed by atoms with E-state index >= 15 is 0 Å². The molecule has 0 unspecified atom stereocenters. The Kier molecular flexibility index (Phi) is 4.42. The summed E-state index contributed by atoms with van der Waals surface area (Å²) in [7, 11) is -3.49. The van der Waals surface area contributed by atoms with Crippen molar-refractivity contribution in [2.24, 2.45) is 0 Å². The third-order valence-electron chi connectivity index (χ3n) is 2.89. The molecule has 0 amide bonds. The van der Waals surface area contributed by atoms with Gasteiger partial charge in [0.25, 0.3) is 10.0 Å². The predicted octanol–water partition coefficient (Wildman–Crippen LogP) is 1.36. The molecule has 2 N–H and O–H groups in total. The summed E-state index contributed by atoms with van der Waals surface area (Å²) < 4.78 is 28.1. The lowest BCUT2D eigenvalue weighted by Gasteiger charge is -2.09. The number of fused-ring (bicyclic) bond motifs is 1. The third-order valence-corrected chi connectivity index (χ3v) is 5.82. The number of benzene rings is 1. The van der Waals surface area contributed by atoms with Crippen LogP contribution in [0.4, 0.5) is 0 Å². The van der Waals surface area contributed by atoms with Crippen molar-refractivity contribution in [3.63, 3.8) is 0 Å². The van der Waals surface area contributed by atoms with Crippen LogP contribution in [0.15, 0.2) is 28.6 Å². The molecular weight excluding hydrogens is 306 g/mol. The first-order chi connectivity index (χ1) is 8.65. The highest BCUT2D eigenvalue weighted by atomic mass is 35.5. The molecule has 1 aromatic heterocycles. The number of rotatable bonds is 3. The first-order valence-corrected chi connectivity index (χ1v) is 8.04. The first kappa shape index (κ1) is 14.7. The van der Waals surface area contributed by atoms with Gasteiger partial charge in [0, 0.05) is 12.6 Å². The minimum atomic E-state index is -3.49. The van der Waals surface area contributed by atoms with Crippen LogP contribution in [0, 0.1) is 0 Å². The summed E-state index contributed by atoms with van der Waals surface area (Å²) in [6.07, 6.45) is 0.824. The van der Waals surface area contributed by atoms with Crippen molar-refractivity contribution in [2.45, 2.75) is 16.8 Å². The molecule has 1 saturated heterocycles. The van der Waals surface area contributed by atoms with E-state index in [1.54, 1.807) is 0 Å². The molecule has 1 atom stereocenters. The van der Waals surface area contributed by atoms with Gasteiger partial charge in [0.15, 0.2) is 0 Å². The van der Waals surface area contributed by atoms with Crippen molar-refractivity contribution in [3.8, 4) is 0 Å². The number of nitrogens with zero attached hydrogens (tertiary/aromatic N) is 1. The topological polar surface area (TPSA) is 71.1 Å². The summed E-state index contributed by atoms with van der Waals surface area (Å²) in [6.45, 7) is 1.54. The van der Waals surface area contributed by atoms with E-state index in [0.29, 0.717) is 6.54 Å². The fourth-order valence-corrected chi connectivity index (χ4v) is 4.50. The Morgan fingerprint density at radius 2 is 2.16 bits per heavy atom. The minimum Gasteiger partial charge on any atom is -0.315 e. The van der Waals surface area contributed by atoms with E-state index in [0.717, 1.165) is 23.2 Å². The maximum absolute atomic E-state index is 12.2. The Morgan fingerprint density at radius 3 is 2.84 bits per heavy atom. The second-order valence-corrected chi connectivity index (χ2v) is 7.18. The van der Waals surface area contributed by atoms with Gasteiger partial charge in [0.2, 0.25) is 4.34 Å². The highest BCUT2D eigenvalue weighted by Crippen LogP contribution is 2.25. The Labute approximate surface area is 121 Å². The molecule has 0 saturated carbocycles. The molecule has 0 bridgehead atoms. The molecule has 8 heteroatoms. The van der Waals surface area contributed by atoms with E-state index in [-0.39, 0.29) is 22.8 Å². The highest BCUT2D eigenvalue weighted by molar-refractivity contribution is 7.91. The Balaban J connectivity index is 0.00000133. The van der Waals surface area contributed by atoms with Crippen LogP contribution >= 0.6 is 23.7 Å². The fourth-order valence-electron chi connectivity index (χ4n) is 1.99. The average molecular weight is 320 g/mol. The summed E-state index contributed by atoms with van der Waals surface area (Å²) in [5, 5.41) is 3.13. The number of nitrogens with one attached hydrogen (secondary N) is 2. The van der Waals surface area contributed by atoms with Gasteiger partial charge in [0.05, 0.1) is 10.2 Å². The average Bonchev–Trinajstić information content (AvgIpc) is 2.96. The summed E-state index contributed by atoms with van der Waals surface area (Å²) in [5.41, 5.74) is 0.729. The standard InChI is InChI=1S/C11H13N3O2S2.ClH/c15-18(16,14-8-5-6-12-7-8)11-13-9-3-1-2-4-10(9)17-11;/h1-4,8,12,14H,5-7H2;1H/t8-;/m1./s1. The third kappa shape index (κ3) is 3.06. The van der Waals surface area contributed by atoms with Gasteiger partial charge >= 0.3 is 0 Å². The lowest BCUT2D eigenvalue weighted by Crippen LogP contribution is -2.36. The van der Waals surface area contributed by atoms with Crippen molar-refractivity contribution in [3.05, 3.63) is 24.3 Å². The second-order valence-electron chi connectivity index (χ2n) is 4.26. The quantitative estimate of drug-likeness (QED) is 0.896. The Bertz CT molecular complexity index is 632. The van der Waals surface area contributed by atoms with Gasteiger partial charge in [-0.05, 0) is 25.1 Å². The molecule has 2 aromatic rings. The summed E-state index contributed by atoms with van der Waals surface area (Å²) in [6, 6.07) is 7.41. The van der Waals surface area contributed by atoms with Crippen LogP contribution in [0.3, 0.4) is 0 Å². The molecule has 1 aliphatic rings. The smallest absolute Gasteiger partial charge is 0.268 e. The molecular formula is C11H14ClN3O2S2. The molecule has 1 aliphatic heterocycles. The van der Waals surface area contributed by atoms with Gasteiger partial charge in [-0.3, -0.25) is 0 Å². The number of aromatic nitrogens is 1. The molecule has 0 spiro atoms. The predicted molar refractivity (Wildman–Crippen MR) is 78.5 cm³/mol. The molecule has 1 aromatic carbocycles. The highest BCUT2D eigenvalue weighted by Gasteiger charge is 2.25. The molecule has 19 heavy (non-hydrogen) atoms. The lowest BCUT2D eigenvalue weighted by atomic mass is 10.3. The van der Waals surface area contributed by atoms with E-state index < -0.39 is 10.0 Å². The van der Waals surface area contributed by atoms with Gasteiger partial charge < -0.3 is 5.32 Å². The maximum Gasteiger partial charge on any atom is 0.268 e. The fraction of sp³-hybridized carbons (Fsp3) is 0.364. The molecule has 0 radical (unpaired) electrons. The first-order valence-electron chi connectivity index (χ1n) is 5.74. The van der Waals surface area contributed by atoms with Gasteiger partial charge in [-0.2, -0.15) is 0 Å². The van der Waals surface area contributed by atoms with Crippen molar-refractivity contribution in [1.29, 1.82) is 0 Å². The minimum absolute atomic E-state index is 0. The Morgan fingerprint density at radius 1 is 1.37 bits per heavy atom. The van der Waals surface area contributed by atoms with E-state index in [2.05, 4.69) is 15.0 Å². The summed E-state index contributed by atoms with van der Waals surface area (Å²) in [5.74, 6) is 0. The van der Waals surface area contributed by atoms with Crippen LogP contribution in [0.5, 0.6) is 0 Å². The van der Waals surface area contributed by atoms with Crippen LogP contribution in [0.1, 0.15) is 6.42 Å². The van der Waals surface area contributed by atoms with E-state index in [9.17, 15) is 8.42 Å². The number of hydrogen-bond acceptors (Lipinski definition) is 5. The van der Waals surface area contributed by atoms with E-state index in [4.69, 9.17) is 0 Å². The van der Waals surface area contributed by atoms with Gasteiger partial charge in [-0.15, -0.1) is 23.7 Å². The van der Waals surface area contributed by atoms with Crippen molar-refractivity contribution in [1.82, 2.24) is 15.0 Å². The number of thiazole rings is 1. The normalized spacial score (nSPS) is 19.5. The van der Waals surface area contributed by atoms with Gasteiger partial charge in [0.1, 0.15) is 0 Å². The van der Waals surface area contributed by atoms with Crippen molar-refractivity contribution in [2.75, 3.05) is 13.1 Å². The van der Waals surface area contributed by atoms with E-state index in [1.165, 1.54) is 11.3 Å². The van der Waals surface area contributed by atoms with Gasteiger partial charge in [-0.1, -0.05) is 12.1 Å². The molecule has 2 heterocycles. The Hall–Kier alpha value is -0.730. The maximum atomic E-state index is 12.2. The number of hydrogen-bond donors (Lipinski definition) is 2. The second kappa shape index (κ2) is 5.72. The molecule has 3 rings (SSSR count). The van der Waals surface area contributed by atoms with Gasteiger partial charge in [-0.25, -0.2) is 18.1 Å².